The van der Waals surface area contributed by atoms with Gasteiger partial charge in [0.1, 0.15) is 5.82 Å². The number of hydrogen-bond donors (Lipinski definition) is 2. The smallest absolute Gasteiger partial charge is 0.425 e. The van der Waals surface area contributed by atoms with Gasteiger partial charge in [-0.15, -0.1) is 0 Å². The Morgan fingerprint density at radius 2 is 1.79 bits per heavy atom. The average molecular weight is 537 g/mol. The lowest BCUT2D eigenvalue weighted by molar-refractivity contribution is -0.208. The topological polar surface area (TPSA) is 92.3 Å². The zero-order valence-electron chi connectivity index (χ0n) is 20.8. The van der Waals surface area contributed by atoms with Crippen molar-refractivity contribution in [3.05, 3.63) is 65.5 Å². The standard InChI is InChI=1S/C26H28F4N4O4/c1-25(15-21(26(28,29)30)38-23(33-25)32-22(35)16-6-4-3-5-7-16)19-14-17(8-9-20(19)27)31-24(36)34-12-10-18(37-2)11-13-34/h3-9,14,18,21H,10-13,15H2,1-2H3,(H,31,36)(H,32,33,35). The fraction of sp³-hybridized carbons (Fsp3) is 0.423. The maximum atomic E-state index is 15.0. The number of nitrogens with one attached hydrogen (secondary N) is 2. The van der Waals surface area contributed by atoms with E-state index < -0.39 is 48.0 Å². The number of likely N-dealkylation sites (tertiary alicyclic amines) is 1. The number of alkyl halides is 3. The van der Waals surface area contributed by atoms with Gasteiger partial charge < -0.3 is 19.7 Å². The summed E-state index contributed by atoms with van der Waals surface area (Å²) in [5.74, 6) is -1.54. The number of amidine groups is 1. The van der Waals surface area contributed by atoms with Crippen molar-refractivity contribution in [2.75, 3.05) is 25.5 Å². The predicted molar refractivity (Wildman–Crippen MR) is 131 cm³/mol. The molecule has 204 valence electrons. The highest BCUT2D eigenvalue weighted by Crippen LogP contribution is 2.41. The van der Waals surface area contributed by atoms with E-state index in [4.69, 9.17) is 9.47 Å². The van der Waals surface area contributed by atoms with E-state index in [1.165, 1.54) is 31.2 Å². The van der Waals surface area contributed by atoms with Crippen molar-refractivity contribution in [3.8, 4) is 0 Å². The molecule has 0 spiro atoms. The van der Waals surface area contributed by atoms with Crippen LogP contribution in [0, 0.1) is 5.82 Å². The van der Waals surface area contributed by atoms with Gasteiger partial charge in [0.15, 0.2) is 6.10 Å². The molecular weight excluding hydrogens is 508 g/mol. The minimum atomic E-state index is -4.81. The molecule has 2 unspecified atom stereocenters. The highest BCUT2D eigenvalue weighted by Gasteiger charge is 2.50. The molecule has 0 bridgehead atoms. The molecule has 38 heavy (non-hydrogen) atoms. The molecular formula is C26H28F4N4O4. The van der Waals surface area contributed by atoms with E-state index in [0.29, 0.717) is 25.9 Å². The minimum absolute atomic E-state index is 0.0703. The number of benzene rings is 2. The number of aliphatic imine (C=N–C) groups is 1. The van der Waals surface area contributed by atoms with Gasteiger partial charge in [0, 0.05) is 43.4 Å². The number of nitrogens with zero attached hydrogens (tertiary/aromatic N) is 2. The van der Waals surface area contributed by atoms with Crippen molar-refractivity contribution >= 4 is 23.6 Å². The molecule has 4 rings (SSSR count). The van der Waals surface area contributed by atoms with Crippen LogP contribution in [0.3, 0.4) is 0 Å². The van der Waals surface area contributed by atoms with E-state index in [1.54, 1.807) is 30.2 Å². The lowest BCUT2D eigenvalue weighted by Crippen LogP contribution is -2.48. The molecule has 2 N–H and O–H groups in total. The van der Waals surface area contributed by atoms with Gasteiger partial charge in [-0.1, -0.05) is 18.2 Å². The van der Waals surface area contributed by atoms with Gasteiger partial charge in [0.25, 0.3) is 11.9 Å². The average Bonchev–Trinajstić information content (AvgIpc) is 2.89. The summed E-state index contributed by atoms with van der Waals surface area (Å²) in [5, 5.41) is 4.94. The quantitative estimate of drug-likeness (QED) is 0.548. The lowest BCUT2D eigenvalue weighted by Gasteiger charge is -2.37. The highest BCUT2D eigenvalue weighted by atomic mass is 19.4. The van der Waals surface area contributed by atoms with Crippen LogP contribution in [0.25, 0.3) is 0 Å². The van der Waals surface area contributed by atoms with E-state index in [1.807, 2.05) is 0 Å². The number of urea groups is 1. The van der Waals surface area contributed by atoms with Crippen LogP contribution in [-0.4, -0.2) is 61.4 Å². The van der Waals surface area contributed by atoms with Crippen molar-refractivity contribution < 1.29 is 36.6 Å². The van der Waals surface area contributed by atoms with Gasteiger partial charge in [0.2, 0.25) is 0 Å². The van der Waals surface area contributed by atoms with Crippen LogP contribution < -0.4 is 10.6 Å². The third kappa shape index (κ3) is 6.24. The fourth-order valence-corrected chi connectivity index (χ4v) is 4.52. The second kappa shape index (κ2) is 11.0. The summed E-state index contributed by atoms with van der Waals surface area (Å²) >= 11 is 0. The Labute approximate surface area is 217 Å². The van der Waals surface area contributed by atoms with Crippen LogP contribution in [0.5, 0.6) is 0 Å². The van der Waals surface area contributed by atoms with Crippen molar-refractivity contribution in [2.45, 2.75) is 50.1 Å². The molecule has 1 fully saturated rings. The number of piperidine rings is 1. The molecule has 2 aromatic rings. The molecule has 2 aliphatic heterocycles. The van der Waals surface area contributed by atoms with Crippen LogP contribution in [0.15, 0.2) is 53.5 Å². The Hall–Kier alpha value is -3.67. The second-order valence-electron chi connectivity index (χ2n) is 9.41. The third-order valence-electron chi connectivity index (χ3n) is 6.67. The first-order chi connectivity index (χ1) is 18.0. The molecule has 2 atom stereocenters. The molecule has 0 radical (unpaired) electrons. The third-order valence-corrected chi connectivity index (χ3v) is 6.67. The van der Waals surface area contributed by atoms with Crippen molar-refractivity contribution in [2.24, 2.45) is 4.99 Å². The largest absolute Gasteiger partial charge is 0.452 e. The zero-order valence-corrected chi connectivity index (χ0v) is 20.8. The van der Waals surface area contributed by atoms with Gasteiger partial charge in [-0.3, -0.25) is 10.1 Å². The van der Waals surface area contributed by atoms with Crippen molar-refractivity contribution in [3.63, 3.8) is 0 Å². The van der Waals surface area contributed by atoms with E-state index in [2.05, 4.69) is 15.6 Å². The van der Waals surface area contributed by atoms with E-state index in [-0.39, 0.29) is 22.9 Å². The number of amides is 3. The van der Waals surface area contributed by atoms with Crippen molar-refractivity contribution in [1.29, 1.82) is 0 Å². The normalized spacial score (nSPS) is 22.3. The summed E-state index contributed by atoms with van der Waals surface area (Å²) in [7, 11) is 1.61. The second-order valence-corrected chi connectivity index (χ2v) is 9.41. The van der Waals surface area contributed by atoms with Gasteiger partial charge in [-0.2, -0.15) is 13.2 Å². The minimum Gasteiger partial charge on any atom is -0.452 e. The molecule has 2 aromatic carbocycles. The Kier molecular flexibility index (Phi) is 7.91. The van der Waals surface area contributed by atoms with Crippen LogP contribution in [0.4, 0.5) is 28.0 Å². The van der Waals surface area contributed by atoms with E-state index >= 15 is 4.39 Å². The molecule has 2 aliphatic rings. The first kappa shape index (κ1) is 27.4. The number of carbonyl (C=O) groups excluding carboxylic acids is 2. The number of hydrogen-bond acceptors (Lipinski definition) is 5. The van der Waals surface area contributed by atoms with Crippen LogP contribution in [0.1, 0.15) is 42.1 Å². The molecule has 12 heteroatoms. The number of carbonyl (C=O) groups is 2. The van der Waals surface area contributed by atoms with Gasteiger partial charge in [0.05, 0.1) is 11.6 Å². The molecule has 3 amide bonds. The van der Waals surface area contributed by atoms with Crippen molar-refractivity contribution in [1.82, 2.24) is 10.2 Å². The molecule has 1 saturated heterocycles. The van der Waals surface area contributed by atoms with Crippen LogP contribution in [0.2, 0.25) is 0 Å². The SMILES string of the molecule is COC1CCN(C(=O)Nc2ccc(F)c(C3(C)CC(C(F)(F)F)OC(NC(=O)c4ccccc4)=N3)c2)CC1. The number of methoxy groups -OCH3 is 1. The first-order valence-corrected chi connectivity index (χ1v) is 12.1. The van der Waals surface area contributed by atoms with E-state index in [9.17, 15) is 22.8 Å². The Morgan fingerprint density at radius 3 is 2.42 bits per heavy atom. The molecule has 2 heterocycles. The molecule has 0 aliphatic carbocycles. The first-order valence-electron chi connectivity index (χ1n) is 12.1. The van der Waals surface area contributed by atoms with Crippen LogP contribution >= 0.6 is 0 Å². The summed E-state index contributed by atoms with van der Waals surface area (Å²) in [4.78, 5) is 31.1. The molecule has 0 aromatic heterocycles. The maximum absolute atomic E-state index is 15.0. The summed E-state index contributed by atoms with van der Waals surface area (Å²) in [6.45, 7) is 2.26. The Balaban J connectivity index is 1.59. The lowest BCUT2D eigenvalue weighted by atomic mass is 9.85. The maximum Gasteiger partial charge on any atom is 0.425 e. The number of halogens is 4. The highest BCUT2D eigenvalue weighted by molar-refractivity contribution is 6.04. The number of anilines is 1. The van der Waals surface area contributed by atoms with Gasteiger partial charge >= 0.3 is 12.2 Å². The monoisotopic (exact) mass is 536 g/mol. The summed E-state index contributed by atoms with van der Waals surface area (Å²) in [6.07, 6.45) is -6.49. The zero-order chi connectivity index (χ0) is 27.5. The van der Waals surface area contributed by atoms with E-state index in [0.717, 1.165) is 6.07 Å². The Morgan fingerprint density at radius 1 is 1.11 bits per heavy atom. The fourth-order valence-electron chi connectivity index (χ4n) is 4.52. The number of rotatable bonds is 4. The van der Waals surface area contributed by atoms with Gasteiger partial charge in [-0.05, 0) is 50.1 Å². The summed E-state index contributed by atoms with van der Waals surface area (Å²) in [5.41, 5.74) is -1.57. The Bertz CT molecular complexity index is 1200. The van der Waals surface area contributed by atoms with Crippen LogP contribution in [-0.2, 0) is 15.0 Å². The number of ether oxygens (including phenoxy) is 2. The molecule has 8 nitrogen and oxygen atoms in total. The summed E-state index contributed by atoms with van der Waals surface area (Å²) < 4.78 is 66.7. The summed E-state index contributed by atoms with van der Waals surface area (Å²) in [6, 6.07) is 10.4. The molecule has 0 saturated carbocycles. The predicted octanol–water partition coefficient (Wildman–Crippen LogP) is 4.82. The van der Waals surface area contributed by atoms with Gasteiger partial charge in [-0.25, -0.2) is 14.2 Å².